The first kappa shape index (κ1) is 25.3. The zero-order valence-electron chi connectivity index (χ0n) is 20.2. The monoisotopic (exact) mass is 498 g/mol. The summed E-state index contributed by atoms with van der Waals surface area (Å²) in [5, 5.41) is 2.87. The molecule has 0 saturated carbocycles. The number of primary amides is 1. The highest BCUT2D eigenvalue weighted by Gasteiger charge is 2.28. The van der Waals surface area contributed by atoms with E-state index in [1.807, 2.05) is 24.3 Å². The van der Waals surface area contributed by atoms with Gasteiger partial charge in [0.05, 0.1) is 10.8 Å². The zero-order valence-corrected chi connectivity index (χ0v) is 21.0. The van der Waals surface area contributed by atoms with Crippen molar-refractivity contribution in [2.24, 2.45) is 11.7 Å². The predicted octanol–water partition coefficient (Wildman–Crippen LogP) is 3.12. The Morgan fingerprint density at radius 2 is 1.71 bits per heavy atom. The number of hydrogen-bond acceptors (Lipinski definition) is 5. The van der Waals surface area contributed by atoms with Crippen LogP contribution in [0.15, 0.2) is 47.4 Å². The van der Waals surface area contributed by atoms with E-state index in [0.29, 0.717) is 43.0 Å². The molecule has 2 aromatic rings. The van der Waals surface area contributed by atoms with Crippen LogP contribution in [0.1, 0.15) is 53.6 Å². The molecule has 0 unspecified atom stereocenters. The van der Waals surface area contributed by atoms with Crippen molar-refractivity contribution in [3.05, 3.63) is 59.2 Å². The maximum atomic E-state index is 13.2. The van der Waals surface area contributed by atoms with Gasteiger partial charge < -0.3 is 11.1 Å². The van der Waals surface area contributed by atoms with Crippen molar-refractivity contribution >= 4 is 27.5 Å². The van der Waals surface area contributed by atoms with Crippen LogP contribution in [0.3, 0.4) is 0 Å². The molecule has 0 radical (unpaired) electrons. The fraction of sp³-hybridized carbons (Fsp3) is 0.462. The van der Waals surface area contributed by atoms with Crippen LogP contribution >= 0.6 is 0 Å². The minimum absolute atomic E-state index is 0.0968. The van der Waals surface area contributed by atoms with Gasteiger partial charge in [-0.1, -0.05) is 24.6 Å². The molecular weight excluding hydrogens is 464 g/mol. The van der Waals surface area contributed by atoms with E-state index in [4.69, 9.17) is 5.73 Å². The van der Waals surface area contributed by atoms with Crippen LogP contribution in [-0.4, -0.2) is 55.6 Å². The molecule has 1 atom stereocenters. The van der Waals surface area contributed by atoms with Crippen molar-refractivity contribution in [2.75, 3.05) is 31.5 Å². The van der Waals surface area contributed by atoms with Crippen molar-refractivity contribution in [1.29, 1.82) is 0 Å². The number of carbonyl (C=O) groups is 2. The van der Waals surface area contributed by atoms with E-state index < -0.39 is 10.0 Å². The molecule has 2 heterocycles. The normalized spacial score (nSPS) is 19.9. The molecule has 0 spiro atoms. The second kappa shape index (κ2) is 10.9. The third-order valence-electron chi connectivity index (χ3n) is 6.91. The SMILES string of the molecule is Cc1ccc(C(=O)Nc2ccc(CN3CCC[C@H](C(N)=O)C3)cc2)cc1S(=O)(=O)N1CCCCC1. The summed E-state index contributed by atoms with van der Waals surface area (Å²) in [4.78, 5) is 26.8. The van der Waals surface area contributed by atoms with Crippen LogP contribution in [0.4, 0.5) is 5.69 Å². The van der Waals surface area contributed by atoms with Crippen LogP contribution in [0.2, 0.25) is 0 Å². The second-order valence-electron chi connectivity index (χ2n) is 9.57. The lowest BCUT2D eigenvalue weighted by molar-refractivity contribution is -0.123. The minimum atomic E-state index is -3.63. The number of aryl methyl sites for hydroxylation is 1. The van der Waals surface area contributed by atoms with Gasteiger partial charge in [-0.3, -0.25) is 14.5 Å². The molecule has 0 aromatic heterocycles. The number of nitrogens with two attached hydrogens (primary N) is 1. The molecule has 2 fully saturated rings. The average molecular weight is 499 g/mol. The molecule has 3 N–H and O–H groups in total. The number of anilines is 1. The number of benzene rings is 2. The Hall–Kier alpha value is -2.75. The number of likely N-dealkylation sites (tertiary alicyclic amines) is 1. The highest BCUT2D eigenvalue weighted by Crippen LogP contribution is 2.25. The summed E-state index contributed by atoms with van der Waals surface area (Å²) in [6.07, 6.45) is 4.55. The highest BCUT2D eigenvalue weighted by molar-refractivity contribution is 7.89. The first-order chi connectivity index (χ1) is 16.7. The molecule has 35 heavy (non-hydrogen) atoms. The Labute approximate surface area is 207 Å². The van der Waals surface area contributed by atoms with Crippen LogP contribution in [0, 0.1) is 12.8 Å². The molecule has 4 rings (SSSR count). The van der Waals surface area contributed by atoms with Gasteiger partial charge in [-0.05, 0) is 74.5 Å². The van der Waals surface area contributed by atoms with E-state index in [1.54, 1.807) is 19.1 Å². The first-order valence-corrected chi connectivity index (χ1v) is 13.7. The van der Waals surface area contributed by atoms with E-state index in [0.717, 1.165) is 44.2 Å². The van der Waals surface area contributed by atoms with Crippen molar-refractivity contribution in [1.82, 2.24) is 9.21 Å². The summed E-state index contributed by atoms with van der Waals surface area (Å²) in [6.45, 7) is 5.11. The molecule has 2 aliphatic rings. The van der Waals surface area contributed by atoms with Crippen molar-refractivity contribution < 1.29 is 18.0 Å². The van der Waals surface area contributed by atoms with Crippen molar-refractivity contribution in [3.63, 3.8) is 0 Å². The van der Waals surface area contributed by atoms with Gasteiger partial charge in [0.15, 0.2) is 0 Å². The van der Waals surface area contributed by atoms with E-state index in [9.17, 15) is 18.0 Å². The van der Waals surface area contributed by atoms with E-state index in [-0.39, 0.29) is 22.6 Å². The Morgan fingerprint density at radius 1 is 1.00 bits per heavy atom. The molecule has 0 bridgehead atoms. The topological polar surface area (TPSA) is 113 Å². The summed E-state index contributed by atoms with van der Waals surface area (Å²) >= 11 is 0. The smallest absolute Gasteiger partial charge is 0.255 e. The summed E-state index contributed by atoms with van der Waals surface area (Å²) in [6, 6.07) is 12.4. The van der Waals surface area contributed by atoms with Gasteiger partial charge >= 0.3 is 0 Å². The number of nitrogens with zero attached hydrogens (tertiary/aromatic N) is 2. The lowest BCUT2D eigenvalue weighted by atomic mass is 9.97. The van der Waals surface area contributed by atoms with E-state index in [1.165, 1.54) is 10.4 Å². The van der Waals surface area contributed by atoms with Gasteiger partial charge in [0.25, 0.3) is 5.91 Å². The quantitative estimate of drug-likeness (QED) is 0.609. The minimum Gasteiger partial charge on any atom is -0.369 e. The predicted molar refractivity (Wildman–Crippen MR) is 135 cm³/mol. The third-order valence-corrected chi connectivity index (χ3v) is 8.95. The van der Waals surface area contributed by atoms with Crippen molar-refractivity contribution in [2.45, 2.75) is 50.5 Å². The fourth-order valence-electron chi connectivity index (χ4n) is 4.85. The molecule has 188 valence electrons. The number of nitrogens with one attached hydrogen (secondary N) is 1. The molecule has 2 saturated heterocycles. The number of hydrogen-bond donors (Lipinski definition) is 2. The molecule has 2 aromatic carbocycles. The molecule has 8 nitrogen and oxygen atoms in total. The molecular formula is C26H34N4O4S. The molecule has 9 heteroatoms. The third kappa shape index (κ3) is 6.09. The average Bonchev–Trinajstić information content (AvgIpc) is 2.86. The fourth-order valence-corrected chi connectivity index (χ4v) is 6.62. The lowest BCUT2D eigenvalue weighted by Gasteiger charge is -2.31. The summed E-state index contributed by atoms with van der Waals surface area (Å²) < 4.78 is 27.8. The molecule has 2 amide bonds. The van der Waals surface area contributed by atoms with E-state index >= 15 is 0 Å². The number of sulfonamides is 1. The standard InChI is InChI=1S/C26H34N4O4S/c1-19-7-10-21(16-24(19)35(33,34)30-14-3-2-4-15-30)26(32)28-23-11-8-20(9-12-23)17-29-13-5-6-22(18-29)25(27)31/h7-12,16,22H,2-6,13-15,17-18H2,1H3,(H2,27,31)(H,28,32)/t22-/m0/s1. The van der Waals surface area contributed by atoms with Gasteiger partial charge in [-0.2, -0.15) is 4.31 Å². The number of amides is 2. The summed E-state index contributed by atoms with van der Waals surface area (Å²) in [5.74, 6) is -0.690. The van der Waals surface area contributed by atoms with Crippen LogP contribution in [0.5, 0.6) is 0 Å². The summed E-state index contributed by atoms with van der Waals surface area (Å²) in [7, 11) is -3.63. The number of piperidine rings is 2. The Bertz CT molecular complexity index is 1170. The second-order valence-corrected chi connectivity index (χ2v) is 11.5. The van der Waals surface area contributed by atoms with Gasteiger partial charge in [-0.15, -0.1) is 0 Å². The molecule has 0 aliphatic carbocycles. The number of rotatable bonds is 7. The Morgan fingerprint density at radius 3 is 2.40 bits per heavy atom. The zero-order chi connectivity index (χ0) is 25.0. The van der Waals surface area contributed by atoms with Crippen LogP contribution < -0.4 is 11.1 Å². The Kier molecular flexibility index (Phi) is 7.88. The maximum absolute atomic E-state index is 13.2. The Balaban J connectivity index is 1.41. The lowest BCUT2D eigenvalue weighted by Crippen LogP contribution is -2.40. The first-order valence-electron chi connectivity index (χ1n) is 12.3. The van der Waals surface area contributed by atoms with Crippen LogP contribution in [0.25, 0.3) is 0 Å². The molecule has 2 aliphatic heterocycles. The number of carbonyl (C=O) groups excluding carboxylic acids is 2. The highest BCUT2D eigenvalue weighted by atomic mass is 32.2. The van der Waals surface area contributed by atoms with Crippen molar-refractivity contribution in [3.8, 4) is 0 Å². The van der Waals surface area contributed by atoms with Gasteiger partial charge in [0.2, 0.25) is 15.9 Å². The van der Waals surface area contributed by atoms with Gasteiger partial charge in [0.1, 0.15) is 0 Å². The van der Waals surface area contributed by atoms with Gasteiger partial charge in [0, 0.05) is 37.4 Å². The maximum Gasteiger partial charge on any atom is 0.255 e. The van der Waals surface area contributed by atoms with Gasteiger partial charge in [-0.25, -0.2) is 8.42 Å². The summed E-state index contributed by atoms with van der Waals surface area (Å²) in [5.41, 5.74) is 8.13. The largest absolute Gasteiger partial charge is 0.369 e. The van der Waals surface area contributed by atoms with E-state index in [2.05, 4.69) is 10.2 Å². The van der Waals surface area contributed by atoms with Crippen LogP contribution in [-0.2, 0) is 21.4 Å².